The van der Waals surface area contributed by atoms with Gasteiger partial charge in [0.2, 0.25) is 0 Å². The molecule has 0 aromatic heterocycles. The van der Waals surface area contributed by atoms with E-state index in [2.05, 4.69) is 0 Å². The van der Waals surface area contributed by atoms with Crippen LogP contribution in [0.3, 0.4) is 0 Å². The predicted molar refractivity (Wildman–Crippen MR) is 86.9 cm³/mol. The van der Waals surface area contributed by atoms with Crippen LogP contribution in [0.15, 0.2) is 12.1 Å². The molecule has 4 nitrogen and oxygen atoms in total. The lowest BCUT2D eigenvalue weighted by Gasteiger charge is -2.21. The summed E-state index contributed by atoms with van der Waals surface area (Å²) in [5.41, 5.74) is 2.21. The maximum atomic E-state index is 11.9. The van der Waals surface area contributed by atoms with Crippen molar-refractivity contribution in [3.63, 3.8) is 0 Å². The summed E-state index contributed by atoms with van der Waals surface area (Å²) < 4.78 is 11.2. The van der Waals surface area contributed by atoms with Gasteiger partial charge in [-0.1, -0.05) is 13.8 Å². The minimum Gasteiger partial charge on any atom is -0.426 e. The third-order valence-corrected chi connectivity index (χ3v) is 4.81. The van der Waals surface area contributed by atoms with Gasteiger partial charge in [-0.3, -0.25) is 9.59 Å². The van der Waals surface area contributed by atoms with Gasteiger partial charge in [0.15, 0.2) is 0 Å². The van der Waals surface area contributed by atoms with Crippen LogP contribution in [0.1, 0.15) is 81.8 Å². The molecule has 0 aliphatic heterocycles. The molecule has 1 aromatic rings. The minimum absolute atomic E-state index is 0.187. The minimum atomic E-state index is -0.187. The van der Waals surface area contributed by atoms with Gasteiger partial charge in [0.25, 0.3) is 0 Å². The fourth-order valence-corrected chi connectivity index (χ4v) is 3.88. The Morgan fingerprint density at radius 2 is 1.35 bits per heavy atom. The van der Waals surface area contributed by atoms with Crippen molar-refractivity contribution in [3.8, 4) is 11.5 Å². The summed E-state index contributed by atoms with van der Waals surface area (Å²) >= 11 is 0. The van der Waals surface area contributed by atoms with E-state index in [1.165, 1.54) is 0 Å². The van der Waals surface area contributed by atoms with E-state index in [0.29, 0.717) is 36.2 Å². The molecule has 1 fully saturated rings. The first-order valence-corrected chi connectivity index (χ1v) is 8.72. The van der Waals surface area contributed by atoms with E-state index in [1.54, 1.807) is 12.1 Å². The Morgan fingerprint density at radius 1 is 0.913 bits per heavy atom. The first-order valence-electron chi connectivity index (χ1n) is 8.72. The van der Waals surface area contributed by atoms with Gasteiger partial charge in [0.05, 0.1) is 0 Å². The zero-order valence-electron chi connectivity index (χ0n) is 13.9. The standard InChI is InChI=1S/C19H24O4/c1-3-5-16(20)22-14-9-10-15(23-17(21)6-4-2)19-13-8-7-12(11-13)18(14)19/h9-10,12-13H,3-8,11H2,1-2H3. The highest BCUT2D eigenvalue weighted by Crippen LogP contribution is 2.58. The number of hydrogen-bond acceptors (Lipinski definition) is 4. The van der Waals surface area contributed by atoms with Gasteiger partial charge in [-0.25, -0.2) is 0 Å². The Labute approximate surface area is 137 Å². The lowest BCUT2D eigenvalue weighted by atomic mass is 9.90. The highest BCUT2D eigenvalue weighted by Gasteiger charge is 2.41. The summed E-state index contributed by atoms with van der Waals surface area (Å²) in [6, 6.07) is 3.59. The van der Waals surface area contributed by atoms with Gasteiger partial charge in [0, 0.05) is 24.0 Å². The van der Waals surface area contributed by atoms with E-state index in [1.807, 2.05) is 13.8 Å². The van der Waals surface area contributed by atoms with E-state index >= 15 is 0 Å². The quantitative estimate of drug-likeness (QED) is 0.574. The van der Waals surface area contributed by atoms with Crippen LogP contribution in [0.25, 0.3) is 0 Å². The molecule has 0 N–H and O–H groups in total. The third kappa shape index (κ3) is 3.12. The highest BCUT2D eigenvalue weighted by molar-refractivity contribution is 5.76. The molecule has 0 saturated heterocycles. The third-order valence-electron chi connectivity index (χ3n) is 4.81. The van der Waals surface area contributed by atoms with Crippen molar-refractivity contribution in [1.29, 1.82) is 0 Å². The Kier molecular flexibility index (Phi) is 4.69. The lowest BCUT2D eigenvalue weighted by molar-refractivity contribution is -0.135. The van der Waals surface area contributed by atoms with Crippen molar-refractivity contribution in [1.82, 2.24) is 0 Å². The van der Waals surface area contributed by atoms with Crippen molar-refractivity contribution in [2.24, 2.45) is 0 Å². The molecule has 0 heterocycles. The molecule has 4 heteroatoms. The highest BCUT2D eigenvalue weighted by atomic mass is 16.5. The molecule has 0 spiro atoms. The van der Waals surface area contributed by atoms with Gasteiger partial charge >= 0.3 is 11.9 Å². The lowest BCUT2D eigenvalue weighted by Crippen LogP contribution is -2.13. The van der Waals surface area contributed by atoms with E-state index in [4.69, 9.17) is 9.47 Å². The molecule has 2 aliphatic rings. The van der Waals surface area contributed by atoms with E-state index in [-0.39, 0.29) is 11.9 Å². The van der Waals surface area contributed by atoms with Crippen molar-refractivity contribution in [3.05, 3.63) is 23.3 Å². The van der Waals surface area contributed by atoms with Gasteiger partial charge in [-0.15, -0.1) is 0 Å². The monoisotopic (exact) mass is 316 g/mol. The summed E-state index contributed by atoms with van der Waals surface area (Å²) in [6.45, 7) is 3.92. The first-order chi connectivity index (χ1) is 11.1. The predicted octanol–water partition coefficient (Wildman–Crippen LogP) is 4.46. The smallest absolute Gasteiger partial charge is 0.311 e. The van der Waals surface area contributed by atoms with Gasteiger partial charge in [0.1, 0.15) is 11.5 Å². The van der Waals surface area contributed by atoms with Crippen LogP contribution in [0.4, 0.5) is 0 Å². The number of ether oxygens (including phenoxy) is 2. The van der Waals surface area contributed by atoms with Crippen LogP contribution in [0.5, 0.6) is 11.5 Å². The average Bonchev–Trinajstić information content (AvgIpc) is 3.12. The molecule has 2 atom stereocenters. The van der Waals surface area contributed by atoms with Crippen LogP contribution in [-0.2, 0) is 9.59 Å². The largest absolute Gasteiger partial charge is 0.426 e. The Bertz CT molecular complexity index is 567. The summed E-state index contributed by atoms with van der Waals surface area (Å²) in [4.78, 5) is 23.7. The second-order valence-corrected chi connectivity index (χ2v) is 6.54. The Morgan fingerprint density at radius 3 is 1.74 bits per heavy atom. The van der Waals surface area contributed by atoms with E-state index in [0.717, 1.165) is 43.2 Å². The zero-order chi connectivity index (χ0) is 16.4. The van der Waals surface area contributed by atoms with Crippen LogP contribution in [-0.4, -0.2) is 11.9 Å². The molecule has 3 rings (SSSR count). The fourth-order valence-electron chi connectivity index (χ4n) is 3.88. The second kappa shape index (κ2) is 6.73. The molecule has 1 saturated carbocycles. The first kappa shape index (κ1) is 16.0. The van der Waals surface area contributed by atoms with Crippen LogP contribution >= 0.6 is 0 Å². The summed E-state index contributed by atoms with van der Waals surface area (Å²) in [5, 5.41) is 0. The molecular formula is C19H24O4. The van der Waals surface area contributed by atoms with Crippen LogP contribution < -0.4 is 9.47 Å². The normalized spacial score (nSPS) is 21.1. The maximum absolute atomic E-state index is 11.9. The molecular weight excluding hydrogens is 292 g/mol. The molecule has 2 aliphatic carbocycles. The van der Waals surface area contributed by atoms with Crippen molar-refractivity contribution in [2.45, 2.75) is 70.6 Å². The average molecular weight is 316 g/mol. The van der Waals surface area contributed by atoms with Gasteiger partial charge in [-0.05, 0) is 56.1 Å². The molecule has 2 bridgehead atoms. The number of carbonyl (C=O) groups excluding carboxylic acids is 2. The second-order valence-electron chi connectivity index (χ2n) is 6.54. The van der Waals surface area contributed by atoms with E-state index < -0.39 is 0 Å². The topological polar surface area (TPSA) is 52.6 Å². The van der Waals surface area contributed by atoms with Gasteiger partial charge < -0.3 is 9.47 Å². The zero-order valence-corrected chi connectivity index (χ0v) is 13.9. The summed E-state index contributed by atoms with van der Waals surface area (Å²) in [6.07, 6.45) is 5.74. The number of rotatable bonds is 6. The molecule has 2 unspecified atom stereocenters. The number of carbonyl (C=O) groups is 2. The molecule has 124 valence electrons. The molecule has 1 aromatic carbocycles. The van der Waals surface area contributed by atoms with Gasteiger partial charge in [-0.2, -0.15) is 0 Å². The Hall–Kier alpha value is -1.84. The molecule has 0 radical (unpaired) electrons. The summed E-state index contributed by atoms with van der Waals surface area (Å²) in [7, 11) is 0. The SMILES string of the molecule is CCCC(=O)Oc1ccc(OC(=O)CCC)c2c1C1CCC2C1. The number of esters is 2. The van der Waals surface area contributed by atoms with Crippen LogP contribution in [0, 0.1) is 0 Å². The summed E-state index contributed by atoms with van der Waals surface area (Å²) in [5.74, 6) is 1.83. The number of benzene rings is 1. The Balaban J connectivity index is 1.90. The molecule has 23 heavy (non-hydrogen) atoms. The fraction of sp³-hybridized carbons (Fsp3) is 0.579. The number of hydrogen-bond donors (Lipinski definition) is 0. The van der Waals surface area contributed by atoms with E-state index in [9.17, 15) is 9.59 Å². The van der Waals surface area contributed by atoms with Crippen molar-refractivity contribution >= 4 is 11.9 Å². The number of fused-ring (bicyclic) bond motifs is 5. The maximum Gasteiger partial charge on any atom is 0.311 e. The van der Waals surface area contributed by atoms with Crippen molar-refractivity contribution in [2.75, 3.05) is 0 Å². The van der Waals surface area contributed by atoms with Crippen LogP contribution in [0.2, 0.25) is 0 Å². The van der Waals surface area contributed by atoms with Crippen molar-refractivity contribution < 1.29 is 19.1 Å². The molecule has 0 amide bonds.